The van der Waals surface area contributed by atoms with Crippen molar-refractivity contribution >= 4 is 0 Å². The van der Waals surface area contributed by atoms with Gasteiger partial charge in [-0.25, -0.2) is 4.39 Å². The molecule has 0 atom stereocenters. The normalized spacial score (nSPS) is 13.0. The van der Waals surface area contributed by atoms with Crippen molar-refractivity contribution in [1.29, 1.82) is 0 Å². The van der Waals surface area contributed by atoms with E-state index in [1.165, 1.54) is 0 Å². The smallest absolute Gasteiger partial charge is 0.126 e. The van der Waals surface area contributed by atoms with Crippen molar-refractivity contribution in [1.82, 2.24) is 0 Å². The summed E-state index contributed by atoms with van der Waals surface area (Å²) in [5, 5.41) is 0. The standard InChI is InChI=1S/C15H23F/c1-10-12(15(5,6)7)8-11(9-13(10)16)14(2,3)4/h8-9H,1-7H3. The van der Waals surface area contributed by atoms with Crippen LogP contribution in [0.25, 0.3) is 0 Å². The molecule has 1 aromatic rings. The van der Waals surface area contributed by atoms with Crippen LogP contribution in [0, 0.1) is 12.7 Å². The van der Waals surface area contributed by atoms with E-state index in [-0.39, 0.29) is 16.6 Å². The highest BCUT2D eigenvalue weighted by atomic mass is 19.1. The lowest BCUT2D eigenvalue weighted by Gasteiger charge is -2.27. The third kappa shape index (κ3) is 2.63. The van der Waals surface area contributed by atoms with Gasteiger partial charge in [0.2, 0.25) is 0 Å². The molecule has 0 fully saturated rings. The molecule has 0 aromatic heterocycles. The van der Waals surface area contributed by atoms with E-state index in [1.807, 2.05) is 6.92 Å². The molecule has 1 rings (SSSR count). The molecule has 90 valence electrons. The van der Waals surface area contributed by atoms with Crippen LogP contribution in [0.15, 0.2) is 12.1 Å². The summed E-state index contributed by atoms with van der Waals surface area (Å²) in [6.07, 6.45) is 0. The molecule has 0 nitrogen and oxygen atoms in total. The molecule has 0 bridgehead atoms. The van der Waals surface area contributed by atoms with Crippen LogP contribution in [0.3, 0.4) is 0 Å². The van der Waals surface area contributed by atoms with Gasteiger partial charge in [-0.05, 0) is 40.5 Å². The van der Waals surface area contributed by atoms with E-state index in [9.17, 15) is 4.39 Å². The number of hydrogen-bond donors (Lipinski definition) is 0. The minimum atomic E-state index is -0.0858. The molecule has 16 heavy (non-hydrogen) atoms. The molecule has 0 radical (unpaired) electrons. The van der Waals surface area contributed by atoms with E-state index in [0.717, 1.165) is 16.7 Å². The molecule has 0 aliphatic heterocycles. The minimum Gasteiger partial charge on any atom is -0.207 e. The summed E-state index contributed by atoms with van der Waals surface area (Å²) < 4.78 is 13.9. The van der Waals surface area contributed by atoms with Crippen molar-refractivity contribution < 1.29 is 4.39 Å². The lowest BCUT2D eigenvalue weighted by Crippen LogP contribution is -2.18. The molecule has 0 heterocycles. The van der Waals surface area contributed by atoms with Gasteiger partial charge < -0.3 is 0 Å². The van der Waals surface area contributed by atoms with Crippen LogP contribution in [0.1, 0.15) is 58.2 Å². The van der Waals surface area contributed by atoms with Gasteiger partial charge in [0, 0.05) is 0 Å². The lowest BCUT2D eigenvalue weighted by atomic mass is 9.78. The van der Waals surface area contributed by atoms with E-state index < -0.39 is 0 Å². The predicted molar refractivity (Wildman–Crippen MR) is 68.5 cm³/mol. The topological polar surface area (TPSA) is 0 Å². The largest absolute Gasteiger partial charge is 0.207 e. The van der Waals surface area contributed by atoms with Crippen LogP contribution >= 0.6 is 0 Å². The van der Waals surface area contributed by atoms with Crippen molar-refractivity contribution in [2.24, 2.45) is 0 Å². The lowest BCUT2D eigenvalue weighted by molar-refractivity contribution is 0.539. The Labute approximate surface area is 98.9 Å². The predicted octanol–water partition coefficient (Wildman–Crippen LogP) is 4.73. The number of benzene rings is 1. The SMILES string of the molecule is Cc1c(F)cc(C(C)(C)C)cc1C(C)(C)C. The average molecular weight is 222 g/mol. The molecule has 1 heteroatoms. The summed E-state index contributed by atoms with van der Waals surface area (Å²) >= 11 is 0. The van der Waals surface area contributed by atoms with Crippen LogP contribution in [-0.2, 0) is 10.8 Å². The van der Waals surface area contributed by atoms with E-state index in [1.54, 1.807) is 6.07 Å². The molecule has 0 amide bonds. The van der Waals surface area contributed by atoms with Gasteiger partial charge in [0.05, 0.1) is 0 Å². The second-order valence-corrected chi connectivity index (χ2v) is 6.63. The first kappa shape index (κ1) is 13.2. The van der Waals surface area contributed by atoms with Crippen molar-refractivity contribution in [2.45, 2.75) is 59.3 Å². The Balaban J connectivity index is 3.46. The molecule has 0 saturated heterocycles. The van der Waals surface area contributed by atoms with E-state index in [4.69, 9.17) is 0 Å². The molecule has 0 aliphatic carbocycles. The number of rotatable bonds is 0. The molecule has 0 N–H and O–H groups in total. The Kier molecular flexibility index (Phi) is 3.20. The zero-order valence-corrected chi connectivity index (χ0v) is 11.5. The first-order chi connectivity index (χ1) is 7.03. The highest BCUT2D eigenvalue weighted by molar-refractivity contribution is 5.39. The van der Waals surface area contributed by atoms with Gasteiger partial charge in [0.15, 0.2) is 0 Å². The van der Waals surface area contributed by atoms with Gasteiger partial charge in [0.25, 0.3) is 0 Å². The Bertz CT molecular complexity index is 389. The van der Waals surface area contributed by atoms with Crippen molar-refractivity contribution in [3.8, 4) is 0 Å². The molecule has 1 aromatic carbocycles. The fourth-order valence-electron chi connectivity index (χ4n) is 1.89. The fraction of sp³-hybridized carbons (Fsp3) is 0.600. The molecule has 0 aliphatic rings. The molecule has 0 spiro atoms. The van der Waals surface area contributed by atoms with Gasteiger partial charge in [-0.2, -0.15) is 0 Å². The van der Waals surface area contributed by atoms with Crippen LogP contribution in [0.5, 0.6) is 0 Å². The Morgan fingerprint density at radius 2 is 1.38 bits per heavy atom. The van der Waals surface area contributed by atoms with Crippen LogP contribution in [0.4, 0.5) is 4.39 Å². The maximum atomic E-state index is 13.9. The third-order valence-electron chi connectivity index (χ3n) is 3.02. The van der Waals surface area contributed by atoms with Gasteiger partial charge >= 0.3 is 0 Å². The van der Waals surface area contributed by atoms with Crippen molar-refractivity contribution in [2.75, 3.05) is 0 Å². The second kappa shape index (κ2) is 3.87. The van der Waals surface area contributed by atoms with Gasteiger partial charge in [-0.3, -0.25) is 0 Å². The summed E-state index contributed by atoms with van der Waals surface area (Å²) in [5.74, 6) is -0.0858. The Morgan fingerprint density at radius 3 is 1.75 bits per heavy atom. The van der Waals surface area contributed by atoms with E-state index >= 15 is 0 Å². The first-order valence-electron chi connectivity index (χ1n) is 5.84. The minimum absolute atomic E-state index is 0.00542. The summed E-state index contributed by atoms with van der Waals surface area (Å²) in [6, 6.07) is 3.82. The third-order valence-corrected chi connectivity index (χ3v) is 3.02. The highest BCUT2D eigenvalue weighted by Crippen LogP contribution is 2.32. The molecule has 0 saturated carbocycles. The molecule has 0 unspecified atom stereocenters. The van der Waals surface area contributed by atoms with Gasteiger partial charge in [-0.15, -0.1) is 0 Å². The van der Waals surface area contributed by atoms with E-state index in [0.29, 0.717) is 0 Å². The summed E-state index contributed by atoms with van der Waals surface area (Å²) in [4.78, 5) is 0. The summed E-state index contributed by atoms with van der Waals surface area (Å²) in [6.45, 7) is 14.6. The van der Waals surface area contributed by atoms with Gasteiger partial charge in [-0.1, -0.05) is 47.6 Å². The first-order valence-corrected chi connectivity index (χ1v) is 5.84. The van der Waals surface area contributed by atoms with Crippen LogP contribution < -0.4 is 0 Å². The zero-order chi connectivity index (χ0) is 12.7. The number of halogens is 1. The zero-order valence-electron chi connectivity index (χ0n) is 11.5. The van der Waals surface area contributed by atoms with Crippen molar-refractivity contribution in [3.63, 3.8) is 0 Å². The highest BCUT2D eigenvalue weighted by Gasteiger charge is 2.23. The van der Waals surface area contributed by atoms with Gasteiger partial charge in [0.1, 0.15) is 5.82 Å². The van der Waals surface area contributed by atoms with Crippen molar-refractivity contribution in [3.05, 3.63) is 34.6 Å². The second-order valence-electron chi connectivity index (χ2n) is 6.63. The summed E-state index contributed by atoms with van der Waals surface area (Å²) in [7, 11) is 0. The van der Waals surface area contributed by atoms with E-state index in [2.05, 4.69) is 47.6 Å². The monoisotopic (exact) mass is 222 g/mol. The van der Waals surface area contributed by atoms with Crippen LogP contribution in [-0.4, -0.2) is 0 Å². The molecular formula is C15H23F. The Hall–Kier alpha value is -0.850. The maximum Gasteiger partial charge on any atom is 0.126 e. The molecular weight excluding hydrogens is 199 g/mol. The number of hydrogen-bond acceptors (Lipinski definition) is 0. The average Bonchev–Trinajstić information content (AvgIpc) is 2.05. The Morgan fingerprint density at radius 1 is 0.875 bits per heavy atom. The maximum absolute atomic E-state index is 13.9. The fourth-order valence-corrected chi connectivity index (χ4v) is 1.89. The van der Waals surface area contributed by atoms with Crippen LogP contribution in [0.2, 0.25) is 0 Å². The summed E-state index contributed by atoms with van der Waals surface area (Å²) in [5.41, 5.74) is 2.94. The quantitative estimate of drug-likeness (QED) is 0.595.